The molecule has 0 bridgehead atoms. The van der Waals surface area contributed by atoms with Crippen molar-refractivity contribution in [2.45, 2.75) is 6.92 Å². The average Bonchev–Trinajstić information content (AvgIpc) is 3.18. The highest BCUT2D eigenvalue weighted by atomic mass is 16.5. The molecule has 0 aliphatic heterocycles. The molecule has 0 aliphatic carbocycles. The maximum Gasteiger partial charge on any atom is 0.307 e. The van der Waals surface area contributed by atoms with Crippen LogP contribution in [0.2, 0.25) is 0 Å². The summed E-state index contributed by atoms with van der Waals surface area (Å²) in [5.41, 5.74) is 3.71. The van der Waals surface area contributed by atoms with Crippen LogP contribution in [0.1, 0.15) is 23.0 Å². The Bertz CT molecular complexity index is 1040. The number of carbonyl (C=O) groups is 1. The number of para-hydroxylation sites is 1. The number of methoxy groups -OCH3 is 1. The van der Waals surface area contributed by atoms with Gasteiger partial charge in [-0.1, -0.05) is 24.8 Å². The first-order chi connectivity index (χ1) is 14.2. The van der Waals surface area contributed by atoms with E-state index >= 15 is 0 Å². The number of fused-ring (bicyclic) bond motifs is 1. The molecule has 29 heavy (non-hydrogen) atoms. The predicted octanol–water partition coefficient (Wildman–Crippen LogP) is 4.17. The van der Waals surface area contributed by atoms with Crippen molar-refractivity contribution >= 4 is 23.1 Å². The molecule has 0 saturated heterocycles. The third kappa shape index (κ3) is 4.76. The van der Waals surface area contributed by atoms with E-state index in [1.807, 2.05) is 25.1 Å². The van der Waals surface area contributed by atoms with E-state index in [-0.39, 0.29) is 5.76 Å². The van der Waals surface area contributed by atoms with Crippen molar-refractivity contribution in [3.05, 3.63) is 66.4 Å². The highest BCUT2D eigenvalue weighted by Gasteiger charge is 2.14. The van der Waals surface area contributed by atoms with Crippen molar-refractivity contribution in [1.29, 1.82) is 0 Å². The maximum atomic E-state index is 12.3. The lowest BCUT2D eigenvalue weighted by Crippen LogP contribution is -2.16. The molecule has 1 heterocycles. The van der Waals surface area contributed by atoms with Gasteiger partial charge in [0.2, 0.25) is 0 Å². The molecule has 7 nitrogen and oxygen atoms in total. The summed E-state index contributed by atoms with van der Waals surface area (Å²) in [5.74, 6) is 1.45. The average molecular weight is 394 g/mol. The topological polar surface area (TPSA) is 82.3 Å². The summed E-state index contributed by atoms with van der Waals surface area (Å²) < 4.78 is 22.0. The Morgan fingerprint density at radius 2 is 2.03 bits per heavy atom. The van der Waals surface area contributed by atoms with Crippen LogP contribution in [0.15, 0.2) is 64.6 Å². The molecule has 3 rings (SSSR count). The molecule has 0 fully saturated rings. The number of carbonyl (C=O) groups excluding carboxylic acids is 1. The van der Waals surface area contributed by atoms with Gasteiger partial charge < -0.3 is 18.6 Å². The largest absolute Gasteiger partial charge is 0.493 e. The highest BCUT2D eigenvalue weighted by Crippen LogP contribution is 2.29. The van der Waals surface area contributed by atoms with Gasteiger partial charge in [0.1, 0.15) is 6.61 Å². The summed E-state index contributed by atoms with van der Waals surface area (Å²) in [7, 11) is 1.55. The first-order valence-corrected chi connectivity index (χ1v) is 9.06. The van der Waals surface area contributed by atoms with Crippen LogP contribution in [-0.4, -0.2) is 32.4 Å². The van der Waals surface area contributed by atoms with Crippen LogP contribution in [0.3, 0.4) is 0 Å². The molecule has 150 valence electrons. The van der Waals surface area contributed by atoms with Gasteiger partial charge in [-0.2, -0.15) is 5.10 Å². The summed E-state index contributed by atoms with van der Waals surface area (Å²) in [6.07, 6.45) is 3.18. The zero-order chi connectivity index (χ0) is 20.6. The number of hydrogen-bond donors (Lipinski definition) is 1. The lowest BCUT2D eigenvalue weighted by Gasteiger charge is -2.11. The second-order valence-electron chi connectivity index (χ2n) is 5.93. The van der Waals surface area contributed by atoms with Gasteiger partial charge in [0, 0.05) is 5.39 Å². The molecular formula is C22H22N2O5. The number of rotatable bonds is 9. The van der Waals surface area contributed by atoms with Crippen LogP contribution in [0.25, 0.3) is 11.0 Å². The van der Waals surface area contributed by atoms with E-state index in [4.69, 9.17) is 18.6 Å². The van der Waals surface area contributed by atoms with Gasteiger partial charge in [0.25, 0.3) is 0 Å². The second kappa shape index (κ2) is 9.45. The molecule has 1 N–H and O–H groups in total. The van der Waals surface area contributed by atoms with Crippen molar-refractivity contribution < 1.29 is 23.4 Å². The lowest BCUT2D eigenvalue weighted by molar-refractivity contribution is 0.0929. The summed E-state index contributed by atoms with van der Waals surface area (Å²) in [5, 5.41) is 4.77. The molecule has 0 spiro atoms. The molecule has 0 radical (unpaired) electrons. The SMILES string of the molecule is C=CCOc1ccc(/C=N\NC(=O)c2cc3cccc(OC)c3o2)cc1OCC. The Kier molecular flexibility index (Phi) is 6.52. The number of nitrogens with one attached hydrogen (secondary N) is 1. The number of nitrogens with zero attached hydrogens (tertiary/aromatic N) is 1. The van der Waals surface area contributed by atoms with E-state index in [9.17, 15) is 4.79 Å². The summed E-state index contributed by atoms with van der Waals surface area (Å²) in [6.45, 7) is 6.40. The standard InChI is InChI=1S/C22H22N2O5/c1-4-11-28-17-10-9-15(12-19(17)27-5-2)14-23-24-22(25)20-13-16-7-6-8-18(26-3)21(16)29-20/h4,6-10,12-14H,1,5,11H2,2-3H3,(H,24,25)/b23-14-. The minimum absolute atomic E-state index is 0.143. The van der Waals surface area contributed by atoms with Crippen molar-refractivity contribution in [2.75, 3.05) is 20.3 Å². The normalized spacial score (nSPS) is 10.8. The van der Waals surface area contributed by atoms with Crippen LogP contribution in [-0.2, 0) is 0 Å². The van der Waals surface area contributed by atoms with Crippen molar-refractivity contribution in [1.82, 2.24) is 5.43 Å². The zero-order valence-electron chi connectivity index (χ0n) is 16.3. The molecule has 1 aromatic heterocycles. The van der Waals surface area contributed by atoms with E-state index in [1.54, 1.807) is 37.5 Å². The molecule has 0 saturated carbocycles. The quantitative estimate of drug-likeness (QED) is 0.335. The Morgan fingerprint density at radius 1 is 1.17 bits per heavy atom. The number of hydrogen-bond acceptors (Lipinski definition) is 6. The predicted molar refractivity (Wildman–Crippen MR) is 111 cm³/mol. The zero-order valence-corrected chi connectivity index (χ0v) is 16.3. The minimum Gasteiger partial charge on any atom is -0.493 e. The first-order valence-electron chi connectivity index (χ1n) is 9.06. The highest BCUT2D eigenvalue weighted by molar-refractivity contribution is 5.97. The molecule has 0 aliphatic rings. The molecule has 1 amide bonds. The smallest absolute Gasteiger partial charge is 0.307 e. The van der Waals surface area contributed by atoms with Crippen LogP contribution in [0.5, 0.6) is 17.2 Å². The molecular weight excluding hydrogens is 372 g/mol. The van der Waals surface area contributed by atoms with Crippen LogP contribution in [0.4, 0.5) is 0 Å². The van der Waals surface area contributed by atoms with E-state index in [0.717, 1.165) is 10.9 Å². The number of benzene rings is 2. The Morgan fingerprint density at radius 3 is 2.79 bits per heavy atom. The second-order valence-corrected chi connectivity index (χ2v) is 5.93. The van der Waals surface area contributed by atoms with Crippen LogP contribution in [0, 0.1) is 0 Å². The maximum absolute atomic E-state index is 12.3. The fourth-order valence-corrected chi connectivity index (χ4v) is 2.67. The first kappa shape index (κ1) is 20.0. The van der Waals surface area contributed by atoms with Gasteiger partial charge in [-0.05, 0) is 42.8 Å². The lowest BCUT2D eigenvalue weighted by atomic mass is 10.2. The molecule has 0 unspecified atom stereocenters. The van der Waals surface area contributed by atoms with Crippen LogP contribution >= 0.6 is 0 Å². The number of ether oxygens (including phenoxy) is 3. The summed E-state index contributed by atoms with van der Waals surface area (Å²) in [6, 6.07) is 12.4. The number of amides is 1. The third-order valence-electron chi connectivity index (χ3n) is 3.96. The van der Waals surface area contributed by atoms with E-state index in [0.29, 0.717) is 36.0 Å². The third-order valence-corrected chi connectivity index (χ3v) is 3.96. The van der Waals surface area contributed by atoms with Crippen molar-refractivity contribution in [2.24, 2.45) is 5.10 Å². The van der Waals surface area contributed by atoms with Gasteiger partial charge in [-0.25, -0.2) is 5.43 Å². The Labute approximate surface area is 168 Å². The monoisotopic (exact) mass is 394 g/mol. The fourth-order valence-electron chi connectivity index (χ4n) is 2.67. The Hall–Kier alpha value is -3.74. The van der Waals surface area contributed by atoms with Crippen molar-refractivity contribution in [3.8, 4) is 17.2 Å². The van der Waals surface area contributed by atoms with E-state index in [2.05, 4.69) is 17.1 Å². The van der Waals surface area contributed by atoms with Gasteiger partial charge in [-0.15, -0.1) is 0 Å². The fraction of sp³-hybridized carbons (Fsp3) is 0.182. The van der Waals surface area contributed by atoms with Gasteiger partial charge >= 0.3 is 5.91 Å². The van der Waals surface area contributed by atoms with Gasteiger partial charge in [-0.3, -0.25) is 4.79 Å². The van der Waals surface area contributed by atoms with Crippen LogP contribution < -0.4 is 19.6 Å². The number of hydrazone groups is 1. The number of furan rings is 1. The minimum atomic E-state index is -0.463. The molecule has 2 aromatic carbocycles. The molecule has 7 heteroatoms. The Balaban J connectivity index is 1.71. The van der Waals surface area contributed by atoms with Crippen molar-refractivity contribution in [3.63, 3.8) is 0 Å². The van der Waals surface area contributed by atoms with E-state index < -0.39 is 5.91 Å². The summed E-state index contributed by atoms with van der Waals surface area (Å²) >= 11 is 0. The van der Waals surface area contributed by atoms with E-state index in [1.165, 1.54) is 6.21 Å². The summed E-state index contributed by atoms with van der Waals surface area (Å²) in [4.78, 5) is 12.3. The van der Waals surface area contributed by atoms with Gasteiger partial charge in [0.15, 0.2) is 28.6 Å². The molecule has 0 atom stereocenters. The van der Waals surface area contributed by atoms with Gasteiger partial charge in [0.05, 0.1) is 19.9 Å². The molecule has 3 aromatic rings.